The maximum Gasteiger partial charge on any atom is 0.286 e. The minimum atomic E-state index is -0.531. The minimum absolute atomic E-state index is 0.0584. The Morgan fingerprint density at radius 3 is 2.65 bits per heavy atom. The Labute approximate surface area is 125 Å². The molecule has 0 spiro atoms. The quantitative estimate of drug-likeness (QED) is 0.506. The van der Waals surface area contributed by atoms with Crippen molar-refractivity contribution in [3.05, 3.63) is 49.4 Å². The van der Waals surface area contributed by atoms with Gasteiger partial charge in [-0.3, -0.25) is 14.9 Å². The molecule has 110 valence electrons. The van der Waals surface area contributed by atoms with E-state index in [1.807, 2.05) is 20.8 Å². The first-order chi connectivity index (χ1) is 9.10. The van der Waals surface area contributed by atoms with Crippen LogP contribution in [0.25, 0.3) is 0 Å². The normalized spacial score (nSPS) is 11.4. The number of hydrogen-bond donors (Lipinski definition) is 1. The molecule has 0 aliphatic heterocycles. The molecule has 1 heterocycles. The Morgan fingerprint density at radius 1 is 1.55 bits per heavy atom. The zero-order valence-corrected chi connectivity index (χ0v) is 13.4. The summed E-state index contributed by atoms with van der Waals surface area (Å²) in [5, 5.41) is 14.0. The third-order valence-corrected chi connectivity index (χ3v) is 3.07. The minimum Gasteiger partial charge on any atom is -0.308 e. The highest BCUT2D eigenvalue weighted by Crippen LogP contribution is 2.14. The van der Waals surface area contributed by atoms with Crippen molar-refractivity contribution >= 4 is 21.6 Å². The van der Waals surface area contributed by atoms with Crippen LogP contribution in [0.15, 0.2) is 33.7 Å². The van der Waals surface area contributed by atoms with Crippen LogP contribution in [0.3, 0.4) is 0 Å². The monoisotopic (exact) mass is 343 g/mol. The van der Waals surface area contributed by atoms with Crippen molar-refractivity contribution < 1.29 is 4.92 Å². The van der Waals surface area contributed by atoms with E-state index < -0.39 is 4.92 Å². The van der Waals surface area contributed by atoms with Crippen LogP contribution < -0.4 is 10.9 Å². The molecule has 0 saturated heterocycles. The molecule has 0 unspecified atom stereocenters. The number of nitrogens with zero attached hydrogens (tertiary/aromatic N) is 2. The van der Waals surface area contributed by atoms with Crippen LogP contribution in [0.1, 0.15) is 20.8 Å². The van der Waals surface area contributed by atoms with E-state index in [0.29, 0.717) is 6.54 Å². The Morgan fingerprint density at radius 2 is 2.15 bits per heavy atom. The third-order valence-electron chi connectivity index (χ3n) is 2.50. The number of hydrogen-bond acceptors (Lipinski definition) is 4. The average molecular weight is 344 g/mol. The SMILES string of the molecule is C=C(CNC(C)(C)C)Cn1cc([N+](=O)[O-])cc(Br)c1=O. The van der Waals surface area contributed by atoms with Crippen molar-refractivity contribution in [2.24, 2.45) is 0 Å². The fraction of sp³-hybridized carbons (Fsp3) is 0.462. The van der Waals surface area contributed by atoms with Crippen LogP contribution >= 0.6 is 15.9 Å². The summed E-state index contributed by atoms with van der Waals surface area (Å²) in [6.07, 6.45) is 1.23. The first kappa shape index (κ1) is 16.6. The summed E-state index contributed by atoms with van der Waals surface area (Å²) in [6.45, 7) is 10.7. The van der Waals surface area contributed by atoms with Gasteiger partial charge in [0.15, 0.2) is 0 Å². The van der Waals surface area contributed by atoms with Gasteiger partial charge in [-0.2, -0.15) is 0 Å². The molecule has 0 amide bonds. The van der Waals surface area contributed by atoms with Gasteiger partial charge in [0.2, 0.25) is 0 Å². The van der Waals surface area contributed by atoms with Crippen LogP contribution in [0.2, 0.25) is 0 Å². The predicted octanol–water partition coefficient (Wildman–Crippen LogP) is 2.46. The van der Waals surface area contributed by atoms with Crippen molar-refractivity contribution in [1.82, 2.24) is 9.88 Å². The van der Waals surface area contributed by atoms with Gasteiger partial charge in [0.25, 0.3) is 11.2 Å². The Hall–Kier alpha value is -1.47. The molecule has 0 atom stereocenters. The Bertz CT molecular complexity index is 588. The molecule has 1 aromatic rings. The number of nitro groups is 1. The van der Waals surface area contributed by atoms with Gasteiger partial charge < -0.3 is 9.88 Å². The van der Waals surface area contributed by atoms with Gasteiger partial charge in [0.1, 0.15) is 0 Å². The maximum atomic E-state index is 11.9. The molecule has 1 rings (SSSR count). The molecule has 1 aromatic heterocycles. The number of rotatable bonds is 5. The summed E-state index contributed by atoms with van der Waals surface area (Å²) in [7, 11) is 0. The molecule has 0 aromatic carbocycles. The maximum absolute atomic E-state index is 11.9. The lowest BCUT2D eigenvalue weighted by Gasteiger charge is -2.21. The zero-order chi connectivity index (χ0) is 15.5. The lowest BCUT2D eigenvalue weighted by Crippen LogP contribution is -2.37. The van der Waals surface area contributed by atoms with E-state index in [-0.39, 0.29) is 27.8 Å². The molecule has 20 heavy (non-hydrogen) atoms. The smallest absolute Gasteiger partial charge is 0.286 e. The van der Waals surface area contributed by atoms with Gasteiger partial charge in [0, 0.05) is 24.7 Å². The molecule has 0 aliphatic rings. The van der Waals surface area contributed by atoms with Gasteiger partial charge >= 0.3 is 0 Å². The summed E-state index contributed by atoms with van der Waals surface area (Å²) < 4.78 is 1.46. The van der Waals surface area contributed by atoms with E-state index >= 15 is 0 Å². The van der Waals surface area contributed by atoms with Crippen molar-refractivity contribution in [3.8, 4) is 0 Å². The molecule has 0 radical (unpaired) electrons. The van der Waals surface area contributed by atoms with Crippen LogP contribution in [0.5, 0.6) is 0 Å². The van der Waals surface area contributed by atoms with Crippen LogP contribution in [0, 0.1) is 10.1 Å². The van der Waals surface area contributed by atoms with E-state index in [0.717, 1.165) is 5.57 Å². The molecule has 7 heteroatoms. The molecule has 0 fully saturated rings. The highest BCUT2D eigenvalue weighted by molar-refractivity contribution is 9.10. The second-order valence-corrected chi connectivity index (χ2v) is 6.44. The van der Waals surface area contributed by atoms with E-state index in [1.165, 1.54) is 16.8 Å². The highest BCUT2D eigenvalue weighted by Gasteiger charge is 2.14. The van der Waals surface area contributed by atoms with E-state index in [2.05, 4.69) is 27.8 Å². The Balaban J connectivity index is 2.89. The summed E-state index contributed by atoms with van der Waals surface area (Å²) in [5.74, 6) is 0. The molecular weight excluding hydrogens is 326 g/mol. The number of aromatic nitrogens is 1. The van der Waals surface area contributed by atoms with Gasteiger partial charge in [-0.15, -0.1) is 0 Å². The fourth-order valence-electron chi connectivity index (χ4n) is 1.49. The van der Waals surface area contributed by atoms with Gasteiger partial charge in [-0.1, -0.05) is 6.58 Å². The predicted molar refractivity (Wildman–Crippen MR) is 82.0 cm³/mol. The largest absolute Gasteiger partial charge is 0.308 e. The fourth-order valence-corrected chi connectivity index (χ4v) is 1.95. The van der Waals surface area contributed by atoms with Gasteiger partial charge in [-0.25, -0.2) is 0 Å². The van der Waals surface area contributed by atoms with Crippen LogP contribution in [0.4, 0.5) is 5.69 Å². The second kappa shape index (κ2) is 6.32. The van der Waals surface area contributed by atoms with Gasteiger partial charge in [0.05, 0.1) is 15.6 Å². The topological polar surface area (TPSA) is 77.2 Å². The second-order valence-electron chi connectivity index (χ2n) is 5.59. The number of halogens is 1. The lowest BCUT2D eigenvalue weighted by atomic mass is 10.1. The molecule has 6 nitrogen and oxygen atoms in total. The van der Waals surface area contributed by atoms with Crippen molar-refractivity contribution in [2.45, 2.75) is 32.9 Å². The van der Waals surface area contributed by atoms with Crippen molar-refractivity contribution in [3.63, 3.8) is 0 Å². The first-order valence-corrected chi connectivity index (χ1v) is 6.85. The Kier molecular flexibility index (Phi) is 5.24. The molecule has 1 N–H and O–H groups in total. The van der Waals surface area contributed by atoms with Crippen LogP contribution in [-0.4, -0.2) is 21.6 Å². The average Bonchev–Trinajstić information content (AvgIpc) is 2.31. The summed E-state index contributed by atoms with van der Waals surface area (Å²) >= 11 is 3.04. The van der Waals surface area contributed by atoms with E-state index in [4.69, 9.17) is 0 Å². The number of pyridine rings is 1. The van der Waals surface area contributed by atoms with Crippen molar-refractivity contribution in [2.75, 3.05) is 6.54 Å². The summed E-state index contributed by atoms with van der Waals surface area (Å²) in [6, 6.07) is 1.20. The van der Waals surface area contributed by atoms with Crippen molar-refractivity contribution in [1.29, 1.82) is 0 Å². The molecule has 0 aliphatic carbocycles. The van der Waals surface area contributed by atoms with E-state index in [1.54, 1.807) is 0 Å². The first-order valence-electron chi connectivity index (χ1n) is 6.06. The molecule has 0 bridgehead atoms. The molecule has 0 saturated carbocycles. The number of nitrogens with one attached hydrogen (secondary N) is 1. The van der Waals surface area contributed by atoms with E-state index in [9.17, 15) is 14.9 Å². The summed E-state index contributed by atoms with van der Waals surface area (Å²) in [4.78, 5) is 22.2. The van der Waals surface area contributed by atoms with Gasteiger partial charge in [-0.05, 0) is 42.3 Å². The highest BCUT2D eigenvalue weighted by atomic mass is 79.9. The zero-order valence-electron chi connectivity index (χ0n) is 11.8. The summed E-state index contributed by atoms with van der Waals surface area (Å²) in [5.41, 5.74) is 0.270. The standard InChI is InChI=1S/C13H18BrN3O3/c1-9(6-15-13(2,3)4)7-16-8-10(17(19)20)5-11(14)12(16)18/h5,8,15H,1,6-7H2,2-4H3. The molecular formula is C13H18BrN3O3. The lowest BCUT2D eigenvalue weighted by molar-refractivity contribution is -0.385. The third kappa shape index (κ3) is 4.90. The van der Waals surface area contributed by atoms with Crippen LogP contribution in [-0.2, 0) is 6.54 Å².